The van der Waals surface area contributed by atoms with Gasteiger partial charge in [-0.2, -0.15) is 0 Å². The monoisotopic (exact) mass is 129 g/mol. The lowest BCUT2D eigenvalue weighted by Gasteiger charge is -1.95. The first-order chi connectivity index (χ1) is 4.09. The fourth-order valence-electron chi connectivity index (χ4n) is 0.435. The van der Waals surface area contributed by atoms with Gasteiger partial charge >= 0.3 is 0 Å². The zero-order valence-electron chi connectivity index (χ0n) is 5.25. The number of hydrogen-bond acceptors (Lipinski definition) is 4. The van der Waals surface area contributed by atoms with Crippen LogP contribution in [0.25, 0.3) is 0 Å². The number of ketones is 2. The molecule has 0 N–H and O–H groups in total. The molecule has 0 saturated heterocycles. The number of carbonyl (C=O) groups excluding carboxylic acids is 2. The number of carbonyl (C=O) groups is 2. The van der Waals surface area contributed by atoms with Crippen molar-refractivity contribution in [3.05, 3.63) is 4.91 Å². The molecular formula is C5H7NO3. The van der Waals surface area contributed by atoms with Gasteiger partial charge in [-0.3, -0.25) is 9.59 Å². The van der Waals surface area contributed by atoms with Gasteiger partial charge in [0.25, 0.3) is 0 Å². The molecule has 9 heavy (non-hydrogen) atoms. The Kier molecular flexibility index (Phi) is 2.70. The van der Waals surface area contributed by atoms with Crippen molar-refractivity contribution in [2.45, 2.75) is 19.9 Å². The molecule has 0 amide bonds. The number of nitrogens with zero attached hydrogens (tertiary/aromatic N) is 1. The van der Waals surface area contributed by atoms with Gasteiger partial charge in [-0.05, 0) is 13.8 Å². The van der Waals surface area contributed by atoms with Crippen molar-refractivity contribution in [1.82, 2.24) is 0 Å². The average Bonchev–Trinajstić information content (AvgIpc) is 1.64. The van der Waals surface area contributed by atoms with E-state index in [-0.39, 0.29) is 0 Å². The summed E-state index contributed by atoms with van der Waals surface area (Å²) in [6, 6.07) is -1.29. The van der Waals surface area contributed by atoms with Gasteiger partial charge < -0.3 is 0 Å². The minimum atomic E-state index is -1.29. The minimum absolute atomic E-state index is 0.502. The second kappa shape index (κ2) is 3.06. The van der Waals surface area contributed by atoms with Gasteiger partial charge in [0.15, 0.2) is 11.6 Å². The van der Waals surface area contributed by atoms with Crippen molar-refractivity contribution in [2.24, 2.45) is 5.18 Å². The summed E-state index contributed by atoms with van der Waals surface area (Å²) in [4.78, 5) is 30.3. The predicted molar refractivity (Wildman–Crippen MR) is 30.9 cm³/mol. The lowest BCUT2D eigenvalue weighted by Crippen LogP contribution is -2.22. The SMILES string of the molecule is CC(=O)C(N=O)C(C)=O. The van der Waals surface area contributed by atoms with E-state index in [4.69, 9.17) is 0 Å². The van der Waals surface area contributed by atoms with Crippen LogP contribution in [-0.4, -0.2) is 17.6 Å². The Bertz CT molecular complexity index is 138. The molecule has 0 aliphatic rings. The predicted octanol–water partition coefficient (Wildman–Crippen LogP) is 0.299. The molecule has 0 radical (unpaired) electrons. The number of nitroso groups, excluding NO2 is 1. The van der Waals surface area contributed by atoms with E-state index in [2.05, 4.69) is 5.18 Å². The van der Waals surface area contributed by atoms with Crippen LogP contribution in [0.3, 0.4) is 0 Å². The van der Waals surface area contributed by atoms with E-state index in [1.165, 1.54) is 0 Å². The van der Waals surface area contributed by atoms with E-state index in [9.17, 15) is 14.5 Å². The number of hydrogen-bond donors (Lipinski definition) is 0. The molecule has 0 unspecified atom stereocenters. The van der Waals surface area contributed by atoms with Gasteiger partial charge in [0.05, 0.1) is 0 Å². The van der Waals surface area contributed by atoms with E-state index in [0.717, 1.165) is 13.8 Å². The Labute approximate surface area is 52.2 Å². The maximum atomic E-state index is 10.3. The van der Waals surface area contributed by atoms with E-state index in [0.29, 0.717) is 0 Å². The third-order valence-corrected chi connectivity index (χ3v) is 0.876. The fourth-order valence-corrected chi connectivity index (χ4v) is 0.435. The van der Waals surface area contributed by atoms with Crippen LogP contribution in [0.2, 0.25) is 0 Å². The molecule has 0 aliphatic carbocycles. The van der Waals surface area contributed by atoms with Crippen LogP contribution >= 0.6 is 0 Å². The normalized spacial score (nSPS) is 9.22. The van der Waals surface area contributed by atoms with Crippen molar-refractivity contribution in [3.8, 4) is 0 Å². The van der Waals surface area contributed by atoms with Crippen LogP contribution in [-0.2, 0) is 9.59 Å². The molecule has 4 heteroatoms. The van der Waals surface area contributed by atoms with Crippen LogP contribution in [0.1, 0.15) is 13.8 Å². The van der Waals surface area contributed by atoms with E-state index in [1.54, 1.807) is 0 Å². The summed E-state index contributed by atoms with van der Waals surface area (Å²) >= 11 is 0. The van der Waals surface area contributed by atoms with Gasteiger partial charge in [0.1, 0.15) is 0 Å². The molecule has 0 aliphatic heterocycles. The van der Waals surface area contributed by atoms with Gasteiger partial charge in [0.2, 0.25) is 6.04 Å². The largest absolute Gasteiger partial charge is 0.297 e. The van der Waals surface area contributed by atoms with Crippen LogP contribution in [0.5, 0.6) is 0 Å². The summed E-state index contributed by atoms with van der Waals surface area (Å²) in [5.41, 5.74) is 0. The first-order valence-electron chi connectivity index (χ1n) is 2.43. The van der Waals surface area contributed by atoms with Crippen molar-refractivity contribution < 1.29 is 9.59 Å². The summed E-state index contributed by atoms with van der Waals surface area (Å²) in [5, 5.41) is 2.34. The van der Waals surface area contributed by atoms with Crippen LogP contribution in [0, 0.1) is 4.91 Å². The van der Waals surface area contributed by atoms with Crippen LogP contribution in [0.15, 0.2) is 5.18 Å². The zero-order chi connectivity index (χ0) is 7.44. The zero-order valence-corrected chi connectivity index (χ0v) is 5.25. The smallest absolute Gasteiger partial charge is 0.207 e. The summed E-state index contributed by atoms with van der Waals surface area (Å²) in [5.74, 6) is -1.00. The first kappa shape index (κ1) is 7.94. The summed E-state index contributed by atoms with van der Waals surface area (Å²) in [6.45, 7) is 2.32. The maximum Gasteiger partial charge on any atom is 0.207 e. The van der Waals surface area contributed by atoms with Crippen molar-refractivity contribution in [3.63, 3.8) is 0 Å². The molecule has 0 atom stereocenters. The third-order valence-electron chi connectivity index (χ3n) is 0.876. The lowest BCUT2D eigenvalue weighted by molar-refractivity contribution is -0.126. The molecule has 50 valence electrons. The Morgan fingerprint density at radius 3 is 1.56 bits per heavy atom. The van der Waals surface area contributed by atoms with Crippen molar-refractivity contribution >= 4 is 11.6 Å². The quantitative estimate of drug-likeness (QED) is 0.406. The highest BCUT2D eigenvalue weighted by Crippen LogP contribution is 1.92. The number of Topliss-reactive ketones (excluding diaryl/α,β-unsaturated/α-hetero) is 2. The van der Waals surface area contributed by atoms with Crippen molar-refractivity contribution in [2.75, 3.05) is 0 Å². The molecule has 0 aromatic heterocycles. The minimum Gasteiger partial charge on any atom is -0.297 e. The van der Waals surface area contributed by atoms with Crippen LogP contribution < -0.4 is 0 Å². The van der Waals surface area contributed by atoms with E-state index in [1.807, 2.05) is 0 Å². The highest BCUT2D eigenvalue weighted by molar-refractivity contribution is 6.04. The van der Waals surface area contributed by atoms with Gasteiger partial charge in [0, 0.05) is 0 Å². The van der Waals surface area contributed by atoms with Gasteiger partial charge in [-0.15, -0.1) is 4.91 Å². The lowest BCUT2D eigenvalue weighted by atomic mass is 10.1. The Morgan fingerprint density at radius 2 is 1.56 bits per heavy atom. The second-order valence-corrected chi connectivity index (χ2v) is 1.73. The van der Waals surface area contributed by atoms with Gasteiger partial charge in [-0.25, -0.2) is 0 Å². The van der Waals surface area contributed by atoms with Crippen LogP contribution in [0.4, 0.5) is 0 Å². The Hall–Kier alpha value is -1.06. The molecule has 0 heterocycles. The second-order valence-electron chi connectivity index (χ2n) is 1.73. The molecule has 0 saturated carbocycles. The summed E-state index contributed by atoms with van der Waals surface area (Å²) < 4.78 is 0. The highest BCUT2D eigenvalue weighted by Gasteiger charge is 2.18. The molecule has 0 aromatic rings. The Morgan fingerprint density at radius 1 is 1.22 bits per heavy atom. The standard InChI is InChI=1S/C5H7NO3/c1-3(7)5(6-9)4(2)8/h5H,1-2H3. The average molecular weight is 129 g/mol. The highest BCUT2D eigenvalue weighted by atomic mass is 16.3. The molecule has 0 spiro atoms. The summed E-state index contributed by atoms with van der Waals surface area (Å²) in [6.07, 6.45) is 0. The van der Waals surface area contributed by atoms with Gasteiger partial charge in [-0.1, -0.05) is 5.18 Å². The van der Waals surface area contributed by atoms with E-state index >= 15 is 0 Å². The third kappa shape index (κ3) is 2.12. The molecule has 0 aromatic carbocycles. The Balaban J connectivity index is 4.16. The molecule has 0 rings (SSSR count). The molecular weight excluding hydrogens is 122 g/mol. The summed E-state index contributed by atoms with van der Waals surface area (Å²) in [7, 11) is 0. The molecule has 4 nitrogen and oxygen atoms in total. The number of rotatable bonds is 3. The van der Waals surface area contributed by atoms with E-state index < -0.39 is 17.6 Å². The first-order valence-corrected chi connectivity index (χ1v) is 2.43. The molecule has 0 fully saturated rings. The topological polar surface area (TPSA) is 63.6 Å². The van der Waals surface area contributed by atoms with Crippen molar-refractivity contribution in [1.29, 1.82) is 0 Å². The maximum absolute atomic E-state index is 10.3. The fraction of sp³-hybridized carbons (Fsp3) is 0.600. The molecule has 0 bridgehead atoms.